The summed E-state index contributed by atoms with van der Waals surface area (Å²) in [5.41, 5.74) is 4.47. The monoisotopic (exact) mass is 1760 g/mol. The number of thioether (sulfide) groups is 2. The van der Waals surface area contributed by atoms with Gasteiger partial charge in [-0.05, 0) is 62.2 Å². The quantitative estimate of drug-likeness (QED) is 0.00311. The van der Waals surface area contributed by atoms with E-state index in [1.807, 2.05) is 285 Å². The summed E-state index contributed by atoms with van der Waals surface area (Å²) in [5.74, 6) is -2.61. The molecule has 0 spiro atoms. The first kappa shape index (κ1) is 85.4. The van der Waals surface area contributed by atoms with Crippen molar-refractivity contribution >= 4 is 75.4 Å². The predicted octanol–water partition coefficient (Wildman–Crippen LogP) is 12.5. The number of ether oxygens (including phenoxy) is 9. The molecule has 0 radical (unpaired) electrons. The number of carbonyl (C=O) groups is 5. The Hall–Kier alpha value is -11.5. The Morgan fingerprint density at radius 1 is 0.555 bits per heavy atom. The number of methoxy groups -OCH3 is 2. The Morgan fingerprint density at radius 2 is 1.00 bits per heavy atom. The van der Waals surface area contributed by atoms with Gasteiger partial charge in [-0.2, -0.15) is 4.57 Å². The van der Waals surface area contributed by atoms with Crippen LogP contribution in [0.4, 0.5) is 5.13 Å². The van der Waals surface area contributed by atoms with Gasteiger partial charge in [0.1, 0.15) is 28.1 Å². The number of pyridine rings is 1. The number of carbonyl (C=O) groups excluding carboxylic acids is 5. The van der Waals surface area contributed by atoms with Crippen molar-refractivity contribution in [3.05, 3.63) is 382 Å². The number of esters is 3. The number of oxime groups is 1. The van der Waals surface area contributed by atoms with Gasteiger partial charge in [-0.3, -0.25) is 14.4 Å². The molecule has 2 amide bonds. The minimum Gasteiger partial charge on any atom is -1.00 e. The van der Waals surface area contributed by atoms with Crippen LogP contribution in [0.5, 0.6) is 11.5 Å². The number of hydrogen-bond donors (Lipinski definition) is 2. The van der Waals surface area contributed by atoms with Gasteiger partial charge in [0, 0.05) is 60.2 Å². The number of hydrogen-bond acceptors (Lipinski definition) is 21. The predicted molar refractivity (Wildman–Crippen MR) is 451 cm³/mol. The molecule has 0 bridgehead atoms. The SMILES string of the molecule is COCCOCOc1ccc(C(ON=C(C(=O)NC2C(=O)N3CC(CSc4cc[n+](CC(=O)OC(c5ccccc5)c5ccccc5)cc4)(C(=O)OC(c4ccccc4)c4ccccc4)CS[C@H]23)c2csc(NC(c3ccccc3)(c3ccccc3)c3ccccc3)n2)C(=O)OC(c2ccccc2)c2ccccc2)cc1OCOCCOC.[I-]. The zero-order valence-electron chi connectivity index (χ0n) is 65.2. The fourth-order valence-corrected chi connectivity index (χ4v) is 17.4. The number of halogens is 1. The van der Waals surface area contributed by atoms with Gasteiger partial charge in [0.2, 0.25) is 18.6 Å². The summed E-state index contributed by atoms with van der Waals surface area (Å²) < 4.78 is 55.3. The van der Waals surface area contributed by atoms with Crippen LogP contribution in [0.1, 0.15) is 85.7 Å². The number of β-lactam (4-membered cyclic amide) rings is 1. The number of thiazole rings is 1. The Kier molecular flexibility index (Phi) is 30.3. The summed E-state index contributed by atoms with van der Waals surface area (Å²) >= 11 is 3.94. The van der Waals surface area contributed by atoms with Crippen LogP contribution in [0.2, 0.25) is 0 Å². The van der Waals surface area contributed by atoms with E-state index in [1.165, 1.54) is 40.9 Å². The summed E-state index contributed by atoms with van der Waals surface area (Å²) in [7, 11) is 3.11. The van der Waals surface area contributed by atoms with Gasteiger partial charge >= 0.3 is 17.9 Å². The maximum atomic E-state index is 15.9. The van der Waals surface area contributed by atoms with E-state index in [-0.39, 0.29) is 105 Å². The molecule has 12 aromatic rings. The van der Waals surface area contributed by atoms with Gasteiger partial charge < -0.3 is 87.0 Å². The maximum absolute atomic E-state index is 15.9. The highest BCUT2D eigenvalue weighted by Gasteiger charge is 2.58. The van der Waals surface area contributed by atoms with Crippen molar-refractivity contribution in [2.45, 2.75) is 52.8 Å². The lowest BCUT2D eigenvalue weighted by atomic mass is 9.77. The molecule has 25 heteroatoms. The zero-order chi connectivity index (χ0) is 81.3. The molecule has 14 rings (SSSR count). The third kappa shape index (κ3) is 21.3. The molecule has 608 valence electrons. The Labute approximate surface area is 720 Å². The van der Waals surface area contributed by atoms with E-state index in [2.05, 4.69) is 15.8 Å². The number of benzene rings is 10. The number of aromatic nitrogens is 2. The van der Waals surface area contributed by atoms with Crippen LogP contribution >= 0.6 is 34.9 Å². The molecule has 21 nitrogen and oxygen atoms in total. The summed E-state index contributed by atoms with van der Waals surface area (Å²) in [6, 6.07) is 93.7. The van der Waals surface area contributed by atoms with E-state index in [1.54, 1.807) is 53.6 Å². The van der Waals surface area contributed by atoms with Crippen LogP contribution in [-0.2, 0) is 74.1 Å². The Bertz CT molecular complexity index is 5070. The fraction of sp³-hybridized carbons (Fsp3) is 0.213. The van der Waals surface area contributed by atoms with E-state index in [9.17, 15) is 4.79 Å². The number of rotatable bonds is 39. The molecular weight excluding hydrogens is 1680 g/mol. The summed E-state index contributed by atoms with van der Waals surface area (Å²) in [4.78, 5) is 90.4. The molecular formula is C94H87IN6O15S3. The first-order valence-corrected chi connectivity index (χ1v) is 41.3. The van der Waals surface area contributed by atoms with Crippen molar-refractivity contribution in [3.8, 4) is 11.5 Å². The molecule has 10 aromatic carbocycles. The third-order valence-electron chi connectivity index (χ3n) is 19.9. The number of fused-ring (bicyclic) bond motifs is 1. The zero-order valence-corrected chi connectivity index (χ0v) is 69.8. The van der Waals surface area contributed by atoms with Crippen molar-refractivity contribution in [2.24, 2.45) is 10.6 Å². The Balaban J connectivity index is 0.0000123. The van der Waals surface area contributed by atoms with Crippen molar-refractivity contribution in [3.63, 3.8) is 0 Å². The molecule has 2 aromatic heterocycles. The lowest BCUT2D eigenvalue weighted by Gasteiger charge is -2.54. The van der Waals surface area contributed by atoms with Gasteiger partial charge in [0.15, 0.2) is 66.6 Å². The minimum atomic E-state index is -1.76. The molecule has 0 aliphatic carbocycles. The van der Waals surface area contributed by atoms with E-state index < -0.39 is 82.2 Å². The number of nitrogens with zero attached hydrogens (tertiary/aromatic N) is 4. The Morgan fingerprint density at radius 3 is 1.47 bits per heavy atom. The van der Waals surface area contributed by atoms with Gasteiger partial charge in [-0.15, -0.1) is 34.9 Å². The normalized spacial score (nSPS) is 15.3. The smallest absolute Gasteiger partial charge is 0.373 e. The molecule has 2 fully saturated rings. The lowest BCUT2D eigenvalue weighted by molar-refractivity contribution is -0.686. The van der Waals surface area contributed by atoms with E-state index in [0.29, 0.717) is 22.9 Å². The summed E-state index contributed by atoms with van der Waals surface area (Å²) in [5, 5.41) is 12.8. The largest absolute Gasteiger partial charge is 1.00 e. The van der Waals surface area contributed by atoms with Gasteiger partial charge in [-0.25, -0.2) is 14.6 Å². The summed E-state index contributed by atoms with van der Waals surface area (Å²) in [6.07, 6.45) is -0.591. The highest BCUT2D eigenvalue weighted by Crippen LogP contribution is 2.47. The molecule has 2 aliphatic rings. The van der Waals surface area contributed by atoms with Crippen LogP contribution in [0, 0.1) is 5.41 Å². The first-order chi connectivity index (χ1) is 58.0. The van der Waals surface area contributed by atoms with Gasteiger partial charge in [-0.1, -0.05) is 284 Å². The molecule has 4 atom stereocenters. The van der Waals surface area contributed by atoms with Crippen LogP contribution in [0.3, 0.4) is 0 Å². The summed E-state index contributed by atoms with van der Waals surface area (Å²) in [6.45, 7) is 0.419. The van der Waals surface area contributed by atoms with Gasteiger partial charge in [0.05, 0.1) is 26.4 Å². The molecule has 0 saturated carbocycles. The standard InChI is InChI=1S/C94H86N6O15S3.HI/c1-106-54-56-108-64-110-78-49-48-72(58-79(78)111-65-109-57-55-107-2)86(90(104)113-84(68-34-16-5-17-35-68)69-36-18-6-19-37-69)115-98-81(77-60-116-92(95-77)97-94(73-42-24-9-25-43-73,74-44-26-10-27-45-74)75-46-28-11-29-47-75)87(102)96-82-88(103)100-61-93(63-118-89(82)100,91(105)114-85(70-38-20-7-21-39-70)71-40-22-8-23-41-71)62-117-76-50-52-99(53-51-76)59-80(101)112-83(66-30-12-3-13-31-66)67-32-14-4-15-33-67;/h3-53,58,60,82-86,89H,54-57,59,61-65H2,1-2H3,(H-,95,96,97,102);1H/t82?,86?,89-,93?;/m1./s1. The molecule has 4 heterocycles. The number of amides is 2. The van der Waals surface area contributed by atoms with Gasteiger partial charge in [0.25, 0.3) is 5.91 Å². The molecule has 2 aliphatic heterocycles. The van der Waals surface area contributed by atoms with Crippen molar-refractivity contribution in [2.75, 3.05) is 77.6 Å². The minimum absolute atomic E-state index is 0. The average Bonchev–Trinajstić information content (AvgIpc) is 1.62. The molecule has 119 heavy (non-hydrogen) atoms. The van der Waals surface area contributed by atoms with E-state index in [4.69, 9.17) is 52.5 Å². The van der Waals surface area contributed by atoms with Crippen LogP contribution in [-0.4, -0.2) is 129 Å². The number of anilines is 1. The first-order valence-electron chi connectivity index (χ1n) is 38.4. The second kappa shape index (κ2) is 42.2. The highest BCUT2D eigenvalue weighted by molar-refractivity contribution is 8.00. The number of nitrogens with one attached hydrogen (secondary N) is 2. The van der Waals surface area contributed by atoms with Crippen molar-refractivity contribution in [1.29, 1.82) is 0 Å². The van der Waals surface area contributed by atoms with Crippen molar-refractivity contribution in [1.82, 2.24) is 15.2 Å². The molecule has 2 saturated heterocycles. The second-order valence-electron chi connectivity index (χ2n) is 27.8. The maximum Gasteiger partial charge on any atom is 0.373 e. The van der Waals surface area contributed by atoms with E-state index >= 15 is 19.2 Å². The fourth-order valence-electron chi connectivity index (χ4n) is 13.9. The van der Waals surface area contributed by atoms with Crippen molar-refractivity contribution < 1.29 is 100.0 Å². The van der Waals surface area contributed by atoms with Crippen LogP contribution in [0.25, 0.3) is 0 Å². The highest BCUT2D eigenvalue weighted by atomic mass is 127. The topological polar surface area (TPSA) is 234 Å². The molecule has 2 N–H and O–H groups in total. The third-order valence-corrected chi connectivity index (χ3v) is 23.6. The average molecular weight is 1760 g/mol. The second-order valence-corrected chi connectivity index (χ2v) is 30.8. The molecule has 3 unspecified atom stereocenters. The van der Waals surface area contributed by atoms with Crippen LogP contribution < -0.4 is 48.7 Å². The van der Waals surface area contributed by atoms with E-state index in [0.717, 1.165) is 43.8 Å². The van der Waals surface area contributed by atoms with Crippen LogP contribution in [0.15, 0.2) is 331 Å². The lowest BCUT2D eigenvalue weighted by Crippen LogP contribution is -3.00.